The number of benzene rings is 2. The van der Waals surface area contributed by atoms with Crippen molar-refractivity contribution in [3.63, 3.8) is 0 Å². The van der Waals surface area contributed by atoms with E-state index in [4.69, 9.17) is 0 Å². The van der Waals surface area contributed by atoms with E-state index < -0.39 is 35.1 Å². The first kappa shape index (κ1) is 18.5. The molecule has 1 aliphatic heterocycles. The van der Waals surface area contributed by atoms with Crippen LogP contribution < -0.4 is 5.32 Å². The fourth-order valence-electron chi connectivity index (χ4n) is 2.94. The van der Waals surface area contributed by atoms with E-state index >= 15 is 0 Å². The number of amides is 3. The van der Waals surface area contributed by atoms with Crippen molar-refractivity contribution in [2.45, 2.75) is 19.0 Å². The molecular formula is C19H16F2N2O4. The second-order valence-corrected chi connectivity index (χ2v) is 6.27. The Kier molecular flexibility index (Phi) is 4.65. The molecule has 1 aliphatic rings. The molecule has 0 bridgehead atoms. The van der Waals surface area contributed by atoms with Crippen LogP contribution in [0, 0.1) is 11.6 Å². The van der Waals surface area contributed by atoms with Crippen molar-refractivity contribution < 1.29 is 27.9 Å². The van der Waals surface area contributed by atoms with Gasteiger partial charge in [0.05, 0.1) is 19.2 Å². The van der Waals surface area contributed by atoms with Gasteiger partial charge >= 0.3 is 12.0 Å². The number of hydrogen-bond donors (Lipinski definition) is 1. The van der Waals surface area contributed by atoms with Gasteiger partial charge in [-0.15, -0.1) is 0 Å². The number of esters is 1. The Morgan fingerprint density at radius 3 is 2.56 bits per heavy atom. The van der Waals surface area contributed by atoms with Crippen LogP contribution in [0.3, 0.4) is 0 Å². The van der Waals surface area contributed by atoms with Crippen LogP contribution in [0.1, 0.15) is 28.4 Å². The number of urea groups is 1. The Morgan fingerprint density at radius 1 is 1.15 bits per heavy atom. The average molecular weight is 374 g/mol. The van der Waals surface area contributed by atoms with Crippen LogP contribution in [0.4, 0.5) is 13.6 Å². The number of methoxy groups -OCH3 is 1. The lowest BCUT2D eigenvalue weighted by Gasteiger charge is -2.22. The molecule has 6 nitrogen and oxygen atoms in total. The summed E-state index contributed by atoms with van der Waals surface area (Å²) in [5, 5.41) is 2.52. The molecule has 1 atom stereocenters. The molecule has 1 heterocycles. The van der Waals surface area contributed by atoms with Crippen molar-refractivity contribution in [1.82, 2.24) is 10.2 Å². The first-order valence-corrected chi connectivity index (χ1v) is 8.03. The number of nitrogens with zero attached hydrogens (tertiary/aromatic N) is 1. The van der Waals surface area contributed by atoms with Crippen molar-refractivity contribution in [3.05, 3.63) is 70.8 Å². The van der Waals surface area contributed by atoms with E-state index in [1.807, 2.05) is 0 Å². The lowest BCUT2D eigenvalue weighted by molar-refractivity contribution is -0.131. The van der Waals surface area contributed by atoms with Crippen LogP contribution in [0.25, 0.3) is 0 Å². The molecule has 0 aromatic heterocycles. The fraction of sp³-hybridized carbons (Fsp3) is 0.211. The molecule has 3 rings (SSSR count). The van der Waals surface area contributed by atoms with Crippen LogP contribution in [0.15, 0.2) is 42.5 Å². The molecule has 2 aromatic rings. The molecule has 0 radical (unpaired) electrons. The second kappa shape index (κ2) is 6.79. The number of halogens is 2. The van der Waals surface area contributed by atoms with Gasteiger partial charge in [-0.2, -0.15) is 0 Å². The SMILES string of the molecule is COC(=O)c1cccc(CN2C(=O)N[C@@](C)(c3ccc(F)c(F)c3)C2=O)c1. The smallest absolute Gasteiger partial charge is 0.337 e. The summed E-state index contributed by atoms with van der Waals surface area (Å²) in [7, 11) is 1.25. The number of hydrogen-bond acceptors (Lipinski definition) is 4. The van der Waals surface area contributed by atoms with Crippen molar-refractivity contribution in [2.75, 3.05) is 7.11 Å². The monoisotopic (exact) mass is 374 g/mol. The zero-order valence-electron chi connectivity index (χ0n) is 14.6. The van der Waals surface area contributed by atoms with Crippen LogP contribution in [0.2, 0.25) is 0 Å². The number of ether oxygens (including phenoxy) is 1. The molecule has 0 unspecified atom stereocenters. The van der Waals surface area contributed by atoms with Crippen LogP contribution in [-0.2, 0) is 21.6 Å². The quantitative estimate of drug-likeness (QED) is 0.660. The fourth-order valence-corrected chi connectivity index (χ4v) is 2.94. The zero-order chi connectivity index (χ0) is 19.8. The first-order chi connectivity index (χ1) is 12.8. The summed E-state index contributed by atoms with van der Waals surface area (Å²) in [6.07, 6.45) is 0. The summed E-state index contributed by atoms with van der Waals surface area (Å²) < 4.78 is 31.4. The number of carbonyl (C=O) groups is 3. The molecule has 140 valence electrons. The first-order valence-electron chi connectivity index (χ1n) is 8.03. The molecule has 0 spiro atoms. The molecule has 0 saturated carbocycles. The third-order valence-electron chi connectivity index (χ3n) is 4.46. The number of rotatable bonds is 4. The van der Waals surface area contributed by atoms with Gasteiger partial charge in [-0.3, -0.25) is 9.69 Å². The highest BCUT2D eigenvalue weighted by Gasteiger charge is 2.49. The Labute approximate surface area is 153 Å². The summed E-state index contributed by atoms with van der Waals surface area (Å²) in [4.78, 5) is 37.8. The maximum atomic E-state index is 13.6. The Morgan fingerprint density at radius 2 is 1.89 bits per heavy atom. The maximum absolute atomic E-state index is 13.6. The van der Waals surface area contributed by atoms with Gasteiger partial charge in [-0.05, 0) is 42.3 Å². The van der Waals surface area contributed by atoms with Crippen LogP contribution >= 0.6 is 0 Å². The lowest BCUT2D eigenvalue weighted by atomic mass is 9.92. The summed E-state index contributed by atoms with van der Waals surface area (Å²) in [6.45, 7) is 1.33. The number of carbonyl (C=O) groups excluding carboxylic acids is 3. The van der Waals surface area contributed by atoms with Crippen molar-refractivity contribution in [2.24, 2.45) is 0 Å². The molecular weight excluding hydrogens is 358 g/mol. The summed E-state index contributed by atoms with van der Waals surface area (Å²) in [6, 6.07) is 8.68. The van der Waals surface area contributed by atoms with Crippen LogP contribution in [0.5, 0.6) is 0 Å². The zero-order valence-corrected chi connectivity index (χ0v) is 14.6. The molecule has 1 saturated heterocycles. The molecule has 1 N–H and O–H groups in total. The van der Waals surface area contributed by atoms with E-state index in [0.717, 1.165) is 17.0 Å². The van der Waals surface area contributed by atoms with Gasteiger partial charge in [-0.25, -0.2) is 18.4 Å². The van der Waals surface area contributed by atoms with Gasteiger partial charge < -0.3 is 10.1 Å². The number of imide groups is 1. The molecule has 2 aromatic carbocycles. The van der Waals surface area contributed by atoms with E-state index in [2.05, 4.69) is 10.1 Å². The minimum absolute atomic E-state index is 0.0885. The molecule has 0 aliphatic carbocycles. The Balaban J connectivity index is 1.88. The van der Waals surface area contributed by atoms with E-state index in [9.17, 15) is 23.2 Å². The second-order valence-electron chi connectivity index (χ2n) is 6.27. The largest absolute Gasteiger partial charge is 0.465 e. The average Bonchev–Trinajstić information content (AvgIpc) is 2.87. The van der Waals surface area contributed by atoms with Crippen molar-refractivity contribution >= 4 is 17.9 Å². The van der Waals surface area contributed by atoms with Gasteiger partial charge in [-0.1, -0.05) is 18.2 Å². The minimum atomic E-state index is -1.52. The van der Waals surface area contributed by atoms with E-state index in [0.29, 0.717) is 5.56 Å². The topological polar surface area (TPSA) is 75.7 Å². The summed E-state index contributed by atoms with van der Waals surface area (Å²) in [5.74, 6) is -3.31. The van der Waals surface area contributed by atoms with E-state index in [1.54, 1.807) is 18.2 Å². The molecule has 27 heavy (non-hydrogen) atoms. The van der Waals surface area contributed by atoms with Gasteiger partial charge in [0.2, 0.25) is 0 Å². The lowest BCUT2D eigenvalue weighted by Crippen LogP contribution is -2.41. The molecule has 3 amide bonds. The van der Waals surface area contributed by atoms with E-state index in [1.165, 1.54) is 26.2 Å². The van der Waals surface area contributed by atoms with Gasteiger partial charge in [0.25, 0.3) is 5.91 Å². The summed E-state index contributed by atoms with van der Waals surface area (Å²) >= 11 is 0. The van der Waals surface area contributed by atoms with Crippen molar-refractivity contribution in [3.8, 4) is 0 Å². The van der Waals surface area contributed by atoms with Gasteiger partial charge in [0.1, 0.15) is 5.54 Å². The minimum Gasteiger partial charge on any atom is -0.465 e. The van der Waals surface area contributed by atoms with Gasteiger partial charge in [0.15, 0.2) is 11.6 Å². The van der Waals surface area contributed by atoms with Crippen LogP contribution in [-0.4, -0.2) is 29.9 Å². The predicted molar refractivity (Wildman–Crippen MR) is 90.6 cm³/mol. The maximum Gasteiger partial charge on any atom is 0.337 e. The number of nitrogens with one attached hydrogen (secondary N) is 1. The molecule has 8 heteroatoms. The normalized spacial score (nSPS) is 19.2. The highest BCUT2D eigenvalue weighted by atomic mass is 19.2. The Bertz CT molecular complexity index is 947. The highest BCUT2D eigenvalue weighted by molar-refractivity contribution is 6.07. The third kappa shape index (κ3) is 3.25. The predicted octanol–water partition coefficient (Wildman–Crippen LogP) is 2.72. The molecule has 1 fully saturated rings. The van der Waals surface area contributed by atoms with E-state index in [-0.39, 0.29) is 17.7 Å². The Hall–Kier alpha value is -3.29. The summed E-state index contributed by atoms with van der Waals surface area (Å²) in [5.41, 5.74) is -0.571. The van der Waals surface area contributed by atoms with Gasteiger partial charge in [0, 0.05) is 0 Å². The third-order valence-corrected chi connectivity index (χ3v) is 4.46. The van der Waals surface area contributed by atoms with Crippen molar-refractivity contribution in [1.29, 1.82) is 0 Å². The highest BCUT2D eigenvalue weighted by Crippen LogP contribution is 2.30. The standard InChI is InChI=1S/C19H16F2N2O4/c1-19(13-6-7-14(20)15(21)9-13)17(25)23(18(26)22-19)10-11-4-3-5-12(8-11)16(24)27-2/h3-9H,10H2,1-2H3,(H,22,26)/t19-/m0/s1.